The molecular weight excluding hydrogens is 429 g/mol. The maximum absolute atomic E-state index is 12.9. The maximum atomic E-state index is 12.9. The zero-order chi connectivity index (χ0) is 23.5. The molecule has 170 valence electrons. The molecule has 0 atom stereocenters. The number of nitrogens with zero attached hydrogens (tertiary/aromatic N) is 3. The summed E-state index contributed by atoms with van der Waals surface area (Å²) >= 11 is 0. The Bertz CT molecular complexity index is 1030. The van der Waals surface area contributed by atoms with Gasteiger partial charge in [-0.1, -0.05) is 12.1 Å². The minimum atomic E-state index is -4.67. The van der Waals surface area contributed by atoms with Gasteiger partial charge in [0.2, 0.25) is 5.91 Å². The highest BCUT2D eigenvalue weighted by Gasteiger charge is 2.34. The third-order valence-electron chi connectivity index (χ3n) is 5.16. The van der Waals surface area contributed by atoms with Crippen LogP contribution in [0.25, 0.3) is 0 Å². The van der Waals surface area contributed by atoms with Gasteiger partial charge in [-0.3, -0.25) is 24.6 Å². The molecule has 3 rings (SSSR count). The van der Waals surface area contributed by atoms with Crippen LogP contribution >= 0.6 is 0 Å². The van der Waals surface area contributed by atoms with E-state index < -0.39 is 22.4 Å². The van der Waals surface area contributed by atoms with Crippen LogP contribution in [0, 0.1) is 10.1 Å². The zero-order valence-corrected chi connectivity index (χ0v) is 17.2. The molecule has 1 saturated heterocycles. The van der Waals surface area contributed by atoms with Crippen LogP contribution in [0.5, 0.6) is 0 Å². The maximum Gasteiger partial charge on any atom is 0.416 e. The largest absolute Gasteiger partial charge is 0.416 e. The SMILES string of the molecule is CC(=O)c1ccccc1NC(=O)CN1CCN(c2ccc(C(F)(F)F)cc2[N+](=O)[O-])CC1. The molecule has 0 saturated carbocycles. The Morgan fingerprint density at radius 1 is 1.09 bits per heavy atom. The van der Waals surface area contributed by atoms with Crippen LogP contribution in [-0.2, 0) is 11.0 Å². The van der Waals surface area contributed by atoms with Crippen molar-refractivity contribution < 1.29 is 27.7 Å². The van der Waals surface area contributed by atoms with Crippen molar-refractivity contribution in [3.8, 4) is 0 Å². The molecule has 1 fully saturated rings. The number of nitro groups is 1. The molecule has 2 aromatic carbocycles. The number of amides is 1. The molecule has 0 aliphatic carbocycles. The Labute approximate surface area is 181 Å². The summed E-state index contributed by atoms with van der Waals surface area (Å²) in [6.45, 7) is 2.85. The molecule has 32 heavy (non-hydrogen) atoms. The molecule has 1 amide bonds. The second-order valence-corrected chi connectivity index (χ2v) is 7.37. The van der Waals surface area contributed by atoms with E-state index in [2.05, 4.69) is 5.32 Å². The fraction of sp³-hybridized carbons (Fsp3) is 0.333. The number of Topliss-reactive ketones (excluding diaryl/α,β-unsaturated/α-hetero) is 1. The Hall–Kier alpha value is -3.47. The molecule has 0 bridgehead atoms. The van der Waals surface area contributed by atoms with Crippen molar-refractivity contribution in [2.45, 2.75) is 13.1 Å². The van der Waals surface area contributed by atoms with Gasteiger partial charge in [-0.2, -0.15) is 13.2 Å². The van der Waals surface area contributed by atoms with E-state index >= 15 is 0 Å². The summed E-state index contributed by atoms with van der Waals surface area (Å²) in [6, 6.07) is 9.14. The van der Waals surface area contributed by atoms with Crippen LogP contribution in [0.1, 0.15) is 22.8 Å². The number of rotatable bonds is 6. The summed E-state index contributed by atoms with van der Waals surface area (Å²) in [5.41, 5.74) is -0.743. The molecular formula is C21H21F3N4O4. The Kier molecular flexibility index (Phi) is 6.78. The number of carbonyl (C=O) groups excluding carboxylic acids is 2. The van der Waals surface area contributed by atoms with Crippen LogP contribution in [0.3, 0.4) is 0 Å². The fourth-order valence-corrected chi connectivity index (χ4v) is 3.55. The number of ketones is 1. The van der Waals surface area contributed by atoms with Crippen LogP contribution in [0.15, 0.2) is 42.5 Å². The van der Waals surface area contributed by atoms with Gasteiger partial charge < -0.3 is 10.2 Å². The minimum Gasteiger partial charge on any atom is -0.363 e. The number of hydrogen-bond donors (Lipinski definition) is 1. The molecule has 0 radical (unpaired) electrons. The second-order valence-electron chi connectivity index (χ2n) is 7.37. The van der Waals surface area contributed by atoms with Crippen molar-refractivity contribution >= 4 is 28.8 Å². The highest BCUT2D eigenvalue weighted by molar-refractivity contribution is 6.04. The summed E-state index contributed by atoms with van der Waals surface area (Å²) in [7, 11) is 0. The Balaban J connectivity index is 1.63. The molecule has 1 aliphatic heterocycles. The smallest absolute Gasteiger partial charge is 0.363 e. The number of carbonyl (C=O) groups is 2. The Morgan fingerprint density at radius 3 is 2.34 bits per heavy atom. The zero-order valence-electron chi connectivity index (χ0n) is 17.2. The Morgan fingerprint density at radius 2 is 1.75 bits per heavy atom. The lowest BCUT2D eigenvalue weighted by molar-refractivity contribution is -0.384. The molecule has 2 aromatic rings. The number of piperazine rings is 1. The van der Waals surface area contributed by atoms with Crippen molar-refractivity contribution in [1.29, 1.82) is 0 Å². The van der Waals surface area contributed by atoms with Gasteiger partial charge in [-0.05, 0) is 31.2 Å². The molecule has 1 aliphatic rings. The number of nitrogens with one attached hydrogen (secondary N) is 1. The number of anilines is 2. The topological polar surface area (TPSA) is 95.8 Å². The van der Waals surface area contributed by atoms with Crippen molar-refractivity contribution in [3.05, 3.63) is 63.7 Å². The average Bonchev–Trinajstić information content (AvgIpc) is 2.73. The highest BCUT2D eigenvalue weighted by Crippen LogP contribution is 2.36. The van der Waals surface area contributed by atoms with E-state index in [1.807, 2.05) is 4.90 Å². The van der Waals surface area contributed by atoms with Crippen molar-refractivity contribution in [3.63, 3.8) is 0 Å². The standard InChI is InChI=1S/C21H21F3N4O4/c1-14(29)16-4-2-3-5-17(16)25-20(30)13-26-8-10-27(11-9-26)18-7-6-15(21(22,23)24)12-19(18)28(31)32/h2-7,12H,8-11,13H2,1H3,(H,25,30). The third kappa shape index (κ3) is 5.41. The van der Waals surface area contributed by atoms with Gasteiger partial charge in [0.25, 0.3) is 5.69 Å². The fourth-order valence-electron chi connectivity index (χ4n) is 3.55. The van der Waals surface area contributed by atoms with Gasteiger partial charge in [0.1, 0.15) is 5.69 Å². The highest BCUT2D eigenvalue weighted by atomic mass is 19.4. The van der Waals surface area contributed by atoms with E-state index in [1.165, 1.54) is 6.92 Å². The summed E-state index contributed by atoms with van der Waals surface area (Å²) in [5.74, 6) is -0.486. The van der Waals surface area contributed by atoms with Gasteiger partial charge in [0.15, 0.2) is 5.78 Å². The summed E-state index contributed by atoms with van der Waals surface area (Å²) in [4.78, 5) is 38.1. The summed E-state index contributed by atoms with van der Waals surface area (Å²) in [6.07, 6.45) is -4.67. The first-order valence-electron chi connectivity index (χ1n) is 9.79. The molecule has 0 aromatic heterocycles. The van der Waals surface area contributed by atoms with E-state index in [0.717, 1.165) is 12.1 Å². The summed E-state index contributed by atoms with van der Waals surface area (Å²) < 4.78 is 38.7. The molecule has 0 unspecified atom stereocenters. The van der Waals surface area contributed by atoms with Crippen molar-refractivity contribution in [2.24, 2.45) is 0 Å². The van der Waals surface area contributed by atoms with E-state index in [1.54, 1.807) is 29.2 Å². The van der Waals surface area contributed by atoms with Gasteiger partial charge in [0.05, 0.1) is 22.7 Å². The molecule has 11 heteroatoms. The number of halogens is 3. The first-order valence-corrected chi connectivity index (χ1v) is 9.79. The number of benzene rings is 2. The lowest BCUT2D eigenvalue weighted by Gasteiger charge is -2.35. The van der Waals surface area contributed by atoms with E-state index in [9.17, 15) is 32.9 Å². The lowest BCUT2D eigenvalue weighted by Crippen LogP contribution is -2.48. The number of hydrogen-bond acceptors (Lipinski definition) is 6. The van der Waals surface area contributed by atoms with E-state index in [-0.39, 0.29) is 23.9 Å². The molecule has 1 N–H and O–H groups in total. The minimum absolute atomic E-state index is 0.0508. The van der Waals surface area contributed by atoms with Crippen molar-refractivity contribution in [2.75, 3.05) is 42.9 Å². The molecule has 0 spiro atoms. The van der Waals surface area contributed by atoms with E-state index in [4.69, 9.17) is 0 Å². The van der Waals surface area contributed by atoms with Crippen LogP contribution in [-0.4, -0.2) is 54.2 Å². The second kappa shape index (κ2) is 9.35. The average molecular weight is 450 g/mol. The number of nitro benzene ring substituents is 1. The van der Waals surface area contributed by atoms with Gasteiger partial charge in [-0.15, -0.1) is 0 Å². The lowest BCUT2D eigenvalue weighted by atomic mass is 10.1. The third-order valence-corrected chi connectivity index (χ3v) is 5.16. The van der Waals surface area contributed by atoms with Crippen LogP contribution in [0.4, 0.5) is 30.2 Å². The monoisotopic (exact) mass is 450 g/mol. The number of para-hydroxylation sites is 1. The van der Waals surface area contributed by atoms with Gasteiger partial charge >= 0.3 is 6.18 Å². The van der Waals surface area contributed by atoms with Gasteiger partial charge in [-0.25, -0.2) is 0 Å². The van der Waals surface area contributed by atoms with Crippen LogP contribution < -0.4 is 10.2 Å². The normalized spacial score (nSPS) is 14.8. The summed E-state index contributed by atoms with van der Waals surface area (Å²) in [5, 5.41) is 14.0. The molecule has 8 nitrogen and oxygen atoms in total. The van der Waals surface area contributed by atoms with Crippen LogP contribution in [0.2, 0.25) is 0 Å². The number of alkyl halides is 3. The quantitative estimate of drug-likeness (QED) is 0.411. The first-order chi connectivity index (χ1) is 15.1. The predicted molar refractivity (Wildman–Crippen MR) is 112 cm³/mol. The van der Waals surface area contributed by atoms with Gasteiger partial charge in [0, 0.05) is 37.8 Å². The predicted octanol–water partition coefficient (Wildman–Crippen LogP) is 3.58. The first kappa shape index (κ1) is 23.2. The van der Waals surface area contributed by atoms with Crippen molar-refractivity contribution in [1.82, 2.24) is 4.90 Å². The van der Waals surface area contributed by atoms with E-state index in [0.29, 0.717) is 43.5 Å². The molecule has 1 heterocycles.